The summed E-state index contributed by atoms with van der Waals surface area (Å²) < 4.78 is 18.7. The molecule has 0 spiro atoms. The fourth-order valence-corrected chi connectivity index (χ4v) is 2.49. The average molecular weight is 292 g/mol. The van der Waals surface area contributed by atoms with Crippen LogP contribution in [0.5, 0.6) is 0 Å². The van der Waals surface area contributed by atoms with Crippen LogP contribution in [0.25, 0.3) is 0 Å². The van der Waals surface area contributed by atoms with Crippen molar-refractivity contribution in [2.75, 3.05) is 19.7 Å². The van der Waals surface area contributed by atoms with Crippen molar-refractivity contribution in [3.63, 3.8) is 0 Å². The predicted molar refractivity (Wildman–Crippen MR) is 77.2 cm³/mol. The molecular weight excluding hydrogens is 271 g/mol. The quantitative estimate of drug-likeness (QED) is 0.867. The van der Waals surface area contributed by atoms with Crippen molar-refractivity contribution in [1.29, 1.82) is 0 Å². The minimum absolute atomic E-state index is 0.0231. The molecule has 0 bridgehead atoms. The van der Waals surface area contributed by atoms with E-state index in [1.807, 2.05) is 11.8 Å². The molecule has 0 radical (unpaired) electrons. The van der Waals surface area contributed by atoms with Crippen LogP contribution in [0, 0.1) is 5.82 Å². The van der Waals surface area contributed by atoms with Gasteiger partial charge in [0.15, 0.2) is 0 Å². The van der Waals surface area contributed by atoms with Crippen LogP contribution < -0.4 is 5.32 Å². The molecule has 1 aliphatic heterocycles. The number of carbonyl (C=O) groups excluding carboxylic acids is 1. The first kappa shape index (κ1) is 14.5. The molecule has 1 heterocycles. The van der Waals surface area contributed by atoms with Gasteiger partial charge in [0.25, 0.3) is 0 Å². The van der Waals surface area contributed by atoms with Gasteiger partial charge in [-0.25, -0.2) is 4.39 Å². The number of hydrogen-bond donors (Lipinski definition) is 1. The Morgan fingerprint density at radius 3 is 2.57 bits per heavy atom. The Balaban J connectivity index is 1.58. The minimum atomic E-state index is -0.253. The zero-order chi connectivity index (χ0) is 14.9. The Kier molecular flexibility index (Phi) is 3.95. The Morgan fingerprint density at radius 1 is 1.38 bits per heavy atom. The van der Waals surface area contributed by atoms with E-state index in [4.69, 9.17) is 4.74 Å². The van der Waals surface area contributed by atoms with Crippen LogP contribution >= 0.6 is 0 Å². The molecule has 1 amide bonds. The monoisotopic (exact) mass is 292 g/mol. The van der Waals surface area contributed by atoms with Crippen LogP contribution in [-0.2, 0) is 16.1 Å². The third-order valence-corrected chi connectivity index (χ3v) is 4.12. The molecule has 21 heavy (non-hydrogen) atoms. The topological polar surface area (TPSA) is 41.6 Å². The SMILES string of the molecule is CC1(OCC(=O)N(Cc2ccc(F)cc2)C2CC2)CNC1. The summed E-state index contributed by atoms with van der Waals surface area (Å²) in [5.41, 5.74) is 0.744. The second-order valence-electron chi connectivity index (χ2n) is 6.22. The number of hydrogen-bond acceptors (Lipinski definition) is 3. The summed E-state index contributed by atoms with van der Waals surface area (Å²) in [6.45, 7) is 4.25. The summed E-state index contributed by atoms with van der Waals surface area (Å²) >= 11 is 0. The zero-order valence-electron chi connectivity index (χ0n) is 12.3. The van der Waals surface area contributed by atoms with Gasteiger partial charge in [-0.3, -0.25) is 4.79 Å². The van der Waals surface area contributed by atoms with Crippen molar-refractivity contribution in [1.82, 2.24) is 10.2 Å². The van der Waals surface area contributed by atoms with Gasteiger partial charge in [-0.05, 0) is 37.5 Å². The lowest BCUT2D eigenvalue weighted by Gasteiger charge is -2.39. The smallest absolute Gasteiger partial charge is 0.249 e. The van der Waals surface area contributed by atoms with E-state index in [9.17, 15) is 9.18 Å². The third-order valence-electron chi connectivity index (χ3n) is 4.12. The molecule has 1 aromatic carbocycles. The summed E-state index contributed by atoms with van der Waals surface area (Å²) in [6.07, 6.45) is 2.09. The van der Waals surface area contributed by atoms with Crippen LogP contribution in [0.4, 0.5) is 4.39 Å². The lowest BCUT2D eigenvalue weighted by molar-refractivity contribution is -0.147. The lowest BCUT2D eigenvalue weighted by Crippen LogP contribution is -2.59. The summed E-state index contributed by atoms with van der Waals surface area (Å²) in [7, 11) is 0. The molecular formula is C16H21FN2O2. The fraction of sp³-hybridized carbons (Fsp3) is 0.562. The molecule has 1 aliphatic carbocycles. The molecule has 0 unspecified atom stereocenters. The first-order valence-electron chi connectivity index (χ1n) is 7.44. The van der Waals surface area contributed by atoms with Crippen LogP contribution in [0.15, 0.2) is 24.3 Å². The Bertz CT molecular complexity index is 510. The van der Waals surface area contributed by atoms with Crippen LogP contribution in [0.1, 0.15) is 25.3 Å². The van der Waals surface area contributed by atoms with Gasteiger partial charge in [0, 0.05) is 25.7 Å². The highest BCUT2D eigenvalue weighted by atomic mass is 19.1. The van der Waals surface area contributed by atoms with Crippen molar-refractivity contribution in [2.45, 2.75) is 38.0 Å². The summed E-state index contributed by atoms with van der Waals surface area (Å²) in [4.78, 5) is 14.3. The fourth-order valence-electron chi connectivity index (χ4n) is 2.49. The van der Waals surface area contributed by atoms with Crippen LogP contribution in [-0.4, -0.2) is 42.1 Å². The van der Waals surface area contributed by atoms with Crippen molar-refractivity contribution in [2.24, 2.45) is 0 Å². The summed E-state index contributed by atoms with van der Waals surface area (Å²) in [6, 6.07) is 6.65. The first-order valence-corrected chi connectivity index (χ1v) is 7.44. The van der Waals surface area contributed by atoms with E-state index in [0.717, 1.165) is 31.5 Å². The lowest BCUT2D eigenvalue weighted by atomic mass is 10.0. The van der Waals surface area contributed by atoms with E-state index >= 15 is 0 Å². The van der Waals surface area contributed by atoms with Gasteiger partial charge in [-0.2, -0.15) is 0 Å². The van der Waals surface area contributed by atoms with Crippen molar-refractivity contribution < 1.29 is 13.9 Å². The standard InChI is InChI=1S/C16H21FN2O2/c1-16(10-18-11-16)21-9-15(20)19(14-6-7-14)8-12-2-4-13(17)5-3-12/h2-5,14,18H,6-11H2,1H3. The maximum atomic E-state index is 12.9. The van der Waals surface area contributed by atoms with Crippen LogP contribution in [0.2, 0.25) is 0 Å². The van der Waals surface area contributed by atoms with E-state index in [1.165, 1.54) is 12.1 Å². The number of amides is 1. The van der Waals surface area contributed by atoms with Crippen molar-refractivity contribution in [3.05, 3.63) is 35.6 Å². The normalized spacial score (nSPS) is 19.9. The highest BCUT2D eigenvalue weighted by Crippen LogP contribution is 2.29. The maximum Gasteiger partial charge on any atom is 0.249 e. The van der Waals surface area contributed by atoms with E-state index < -0.39 is 0 Å². The highest BCUT2D eigenvalue weighted by Gasteiger charge is 2.36. The van der Waals surface area contributed by atoms with Crippen molar-refractivity contribution in [3.8, 4) is 0 Å². The number of rotatable bonds is 6. The van der Waals surface area contributed by atoms with Gasteiger partial charge in [0.2, 0.25) is 5.91 Å². The van der Waals surface area contributed by atoms with Crippen molar-refractivity contribution >= 4 is 5.91 Å². The number of carbonyl (C=O) groups is 1. The molecule has 0 atom stereocenters. The van der Waals surface area contributed by atoms with Gasteiger partial charge < -0.3 is 15.0 Å². The van der Waals surface area contributed by atoms with Gasteiger partial charge in [0.1, 0.15) is 12.4 Å². The molecule has 3 rings (SSSR count). The largest absolute Gasteiger partial charge is 0.363 e. The summed E-state index contributed by atoms with van der Waals surface area (Å²) in [5, 5.41) is 3.15. The predicted octanol–water partition coefficient (Wildman–Crippen LogP) is 1.70. The molecule has 0 aromatic heterocycles. The molecule has 5 heteroatoms. The maximum absolute atomic E-state index is 12.9. The van der Waals surface area contributed by atoms with E-state index in [1.54, 1.807) is 12.1 Å². The molecule has 1 aromatic rings. The molecule has 1 saturated carbocycles. The molecule has 4 nitrogen and oxygen atoms in total. The number of ether oxygens (including phenoxy) is 1. The number of nitrogens with zero attached hydrogens (tertiary/aromatic N) is 1. The Labute approximate surface area is 124 Å². The van der Waals surface area contributed by atoms with Gasteiger partial charge in [-0.1, -0.05) is 12.1 Å². The van der Waals surface area contributed by atoms with Gasteiger partial charge >= 0.3 is 0 Å². The third kappa shape index (κ3) is 3.60. The number of benzene rings is 1. The molecule has 114 valence electrons. The molecule has 1 N–H and O–H groups in total. The second kappa shape index (κ2) is 5.73. The Hall–Kier alpha value is -1.46. The highest BCUT2D eigenvalue weighted by molar-refractivity contribution is 5.78. The minimum Gasteiger partial charge on any atom is -0.363 e. The summed E-state index contributed by atoms with van der Waals surface area (Å²) in [5.74, 6) is -0.230. The van der Waals surface area contributed by atoms with E-state index in [-0.39, 0.29) is 23.9 Å². The molecule has 1 saturated heterocycles. The molecule has 2 aliphatic rings. The Morgan fingerprint density at radius 2 is 2.05 bits per heavy atom. The van der Waals surface area contributed by atoms with Crippen LogP contribution in [0.3, 0.4) is 0 Å². The average Bonchev–Trinajstić information content (AvgIpc) is 3.26. The van der Waals surface area contributed by atoms with E-state index in [2.05, 4.69) is 5.32 Å². The molecule has 2 fully saturated rings. The van der Waals surface area contributed by atoms with Gasteiger partial charge in [-0.15, -0.1) is 0 Å². The van der Waals surface area contributed by atoms with Gasteiger partial charge in [0.05, 0.1) is 5.60 Å². The zero-order valence-corrected chi connectivity index (χ0v) is 12.3. The second-order valence-corrected chi connectivity index (χ2v) is 6.22. The number of halogens is 1. The first-order chi connectivity index (χ1) is 10.1. The van der Waals surface area contributed by atoms with E-state index in [0.29, 0.717) is 12.6 Å². The number of nitrogens with one attached hydrogen (secondary N) is 1.